The Hall–Kier alpha value is -3.00. The van der Waals surface area contributed by atoms with E-state index in [0.717, 1.165) is 31.6 Å². The zero-order valence-corrected chi connectivity index (χ0v) is 19.9. The Labute approximate surface area is 204 Å². The van der Waals surface area contributed by atoms with Crippen molar-refractivity contribution in [2.24, 2.45) is 5.92 Å². The molecule has 2 heterocycles. The number of halogens is 2. The summed E-state index contributed by atoms with van der Waals surface area (Å²) in [5.41, 5.74) is 4.68. The number of carbonyl (C=O) groups is 2. The number of alkyl halides is 2. The molecule has 2 aromatic carbocycles. The van der Waals surface area contributed by atoms with Gasteiger partial charge < -0.3 is 15.4 Å². The fourth-order valence-electron chi connectivity index (χ4n) is 4.84. The third-order valence-electron chi connectivity index (χ3n) is 7.23. The highest BCUT2D eigenvalue weighted by molar-refractivity contribution is 5.90. The third kappa shape index (κ3) is 5.64. The second-order valence-corrected chi connectivity index (χ2v) is 9.99. The van der Waals surface area contributed by atoms with Crippen LogP contribution in [-0.2, 0) is 29.1 Å². The first-order valence-corrected chi connectivity index (χ1v) is 12.3. The predicted molar refractivity (Wildman–Crippen MR) is 127 cm³/mol. The van der Waals surface area contributed by atoms with Gasteiger partial charge in [-0.15, -0.1) is 0 Å². The molecule has 3 atom stereocenters. The van der Waals surface area contributed by atoms with Crippen LogP contribution in [-0.4, -0.2) is 41.8 Å². The van der Waals surface area contributed by atoms with Gasteiger partial charge in [-0.25, -0.2) is 8.78 Å². The maximum Gasteiger partial charge on any atom is 0.255 e. The van der Waals surface area contributed by atoms with Crippen LogP contribution in [0.2, 0.25) is 0 Å². The van der Waals surface area contributed by atoms with E-state index >= 15 is 0 Å². The topological polar surface area (TPSA) is 70.7 Å². The van der Waals surface area contributed by atoms with Gasteiger partial charge in [0.1, 0.15) is 11.8 Å². The van der Waals surface area contributed by atoms with Crippen molar-refractivity contribution < 1.29 is 23.1 Å². The monoisotopic (exact) mass is 483 g/mol. The Morgan fingerprint density at radius 1 is 1.20 bits per heavy atom. The molecule has 2 unspecified atom stereocenters. The lowest BCUT2D eigenvalue weighted by Crippen LogP contribution is -2.42. The number of fused-ring (bicyclic) bond motifs is 1. The van der Waals surface area contributed by atoms with Gasteiger partial charge in [0.05, 0.1) is 18.6 Å². The number of nitrogens with zero attached hydrogens (tertiary/aromatic N) is 1. The molecule has 5 rings (SSSR count). The minimum Gasteiger partial charge on any atom is -0.493 e. The van der Waals surface area contributed by atoms with E-state index in [1.54, 1.807) is 0 Å². The molecule has 2 amide bonds. The maximum atomic E-state index is 13.1. The molecule has 1 aliphatic carbocycles. The van der Waals surface area contributed by atoms with Crippen LogP contribution in [0, 0.1) is 5.92 Å². The van der Waals surface area contributed by atoms with Crippen LogP contribution < -0.4 is 15.4 Å². The Kier molecular flexibility index (Phi) is 6.49. The summed E-state index contributed by atoms with van der Waals surface area (Å²) in [6, 6.07) is 13.6. The van der Waals surface area contributed by atoms with Crippen LogP contribution in [0.5, 0.6) is 5.75 Å². The number of amides is 2. The van der Waals surface area contributed by atoms with Gasteiger partial charge in [-0.1, -0.05) is 30.3 Å². The molecule has 2 N–H and O–H groups in total. The highest BCUT2D eigenvalue weighted by Gasteiger charge is 2.57. The van der Waals surface area contributed by atoms with Gasteiger partial charge in [0.25, 0.3) is 5.92 Å². The van der Waals surface area contributed by atoms with E-state index in [0.29, 0.717) is 18.6 Å². The number of benzene rings is 2. The lowest BCUT2D eigenvalue weighted by molar-refractivity contribution is -0.126. The number of rotatable bonds is 8. The van der Waals surface area contributed by atoms with E-state index in [1.807, 2.05) is 37.3 Å². The summed E-state index contributed by atoms with van der Waals surface area (Å²) in [7, 11) is 0. The van der Waals surface area contributed by atoms with E-state index in [4.69, 9.17) is 4.74 Å². The van der Waals surface area contributed by atoms with Crippen molar-refractivity contribution in [2.45, 2.75) is 63.7 Å². The van der Waals surface area contributed by atoms with Crippen molar-refractivity contribution >= 4 is 11.8 Å². The average molecular weight is 484 g/mol. The summed E-state index contributed by atoms with van der Waals surface area (Å²) < 4.78 is 31.7. The number of hydrogen-bond donors (Lipinski definition) is 2. The van der Waals surface area contributed by atoms with Gasteiger partial charge in [-0.2, -0.15) is 0 Å². The van der Waals surface area contributed by atoms with E-state index in [2.05, 4.69) is 27.7 Å². The molecule has 2 aliphatic heterocycles. The summed E-state index contributed by atoms with van der Waals surface area (Å²) in [5, 5.41) is 5.69. The highest BCUT2D eigenvalue weighted by atomic mass is 19.3. The Balaban J connectivity index is 1.11. The third-order valence-corrected chi connectivity index (χ3v) is 7.23. The molecule has 0 bridgehead atoms. The van der Waals surface area contributed by atoms with Gasteiger partial charge in [-0.05, 0) is 54.2 Å². The molecule has 35 heavy (non-hydrogen) atoms. The van der Waals surface area contributed by atoms with Gasteiger partial charge in [0.2, 0.25) is 11.8 Å². The summed E-state index contributed by atoms with van der Waals surface area (Å²) >= 11 is 0. The Morgan fingerprint density at radius 2 is 1.97 bits per heavy atom. The Morgan fingerprint density at radius 3 is 2.66 bits per heavy atom. The van der Waals surface area contributed by atoms with Crippen LogP contribution in [0.3, 0.4) is 0 Å². The van der Waals surface area contributed by atoms with Gasteiger partial charge in [0.15, 0.2) is 0 Å². The first-order chi connectivity index (χ1) is 16.8. The smallest absolute Gasteiger partial charge is 0.255 e. The average Bonchev–Trinajstić information content (AvgIpc) is 3.21. The van der Waals surface area contributed by atoms with Crippen molar-refractivity contribution in [2.75, 3.05) is 13.2 Å². The molecule has 0 aromatic heterocycles. The summed E-state index contributed by atoms with van der Waals surface area (Å²) in [5.74, 6) is -2.73. The zero-order valence-electron chi connectivity index (χ0n) is 19.9. The summed E-state index contributed by atoms with van der Waals surface area (Å²) in [6.07, 6.45) is 1.77. The summed E-state index contributed by atoms with van der Waals surface area (Å²) in [4.78, 5) is 26.1. The SMILES string of the molecule is C[C@H](NC(=O)C1CCC(=O)N1)c1ccc(CN2CCc3cc(OCC4CC4(F)F)ccc3C2)cc1. The van der Waals surface area contributed by atoms with E-state index < -0.39 is 17.9 Å². The number of nitrogens with one attached hydrogen (secondary N) is 2. The molecular formula is C27H31F2N3O3. The first-order valence-electron chi connectivity index (χ1n) is 12.3. The normalized spacial score (nSPS) is 23.8. The molecule has 186 valence electrons. The van der Waals surface area contributed by atoms with Crippen LogP contribution in [0.4, 0.5) is 8.78 Å². The first kappa shape index (κ1) is 23.7. The van der Waals surface area contributed by atoms with Crippen LogP contribution >= 0.6 is 0 Å². The predicted octanol–water partition coefficient (Wildman–Crippen LogP) is 3.73. The quantitative estimate of drug-likeness (QED) is 0.600. The molecule has 2 aromatic rings. The van der Waals surface area contributed by atoms with Gasteiger partial charge in [-0.3, -0.25) is 14.5 Å². The molecular weight excluding hydrogens is 452 g/mol. The number of carbonyl (C=O) groups excluding carboxylic acids is 2. The van der Waals surface area contributed by atoms with Gasteiger partial charge >= 0.3 is 0 Å². The van der Waals surface area contributed by atoms with Crippen molar-refractivity contribution in [3.05, 3.63) is 64.7 Å². The molecule has 2 fully saturated rings. The maximum absolute atomic E-state index is 13.1. The molecule has 1 saturated carbocycles. The molecule has 6 nitrogen and oxygen atoms in total. The van der Waals surface area contributed by atoms with E-state index in [-0.39, 0.29) is 30.9 Å². The minimum absolute atomic E-state index is 0.0679. The standard InChI is InChI=1S/C27H31F2N3O3/c1-17(30-26(34)24-8-9-25(33)31-24)19-4-2-18(3-5-19)14-32-11-10-20-12-23(7-6-21(20)15-32)35-16-22-13-27(22,28)29/h2-7,12,17,22,24H,8-11,13-16H2,1H3,(H,30,34)(H,31,33)/t17-,22?,24?/m0/s1. The lowest BCUT2D eigenvalue weighted by Gasteiger charge is -2.29. The Bertz CT molecular complexity index is 1110. The minimum atomic E-state index is -2.55. The van der Waals surface area contributed by atoms with Gasteiger partial charge in [0, 0.05) is 32.5 Å². The summed E-state index contributed by atoms with van der Waals surface area (Å²) in [6.45, 7) is 4.59. The van der Waals surface area contributed by atoms with Crippen LogP contribution in [0.25, 0.3) is 0 Å². The zero-order chi connectivity index (χ0) is 24.6. The largest absolute Gasteiger partial charge is 0.493 e. The lowest BCUT2D eigenvalue weighted by atomic mass is 9.98. The molecule has 8 heteroatoms. The van der Waals surface area contributed by atoms with Crippen molar-refractivity contribution in [3.63, 3.8) is 0 Å². The molecule has 1 saturated heterocycles. The second-order valence-electron chi connectivity index (χ2n) is 9.99. The van der Waals surface area contributed by atoms with Crippen molar-refractivity contribution in [1.29, 1.82) is 0 Å². The van der Waals surface area contributed by atoms with E-state index in [9.17, 15) is 18.4 Å². The van der Waals surface area contributed by atoms with Crippen molar-refractivity contribution in [3.8, 4) is 5.75 Å². The van der Waals surface area contributed by atoms with Crippen LogP contribution in [0.1, 0.15) is 54.5 Å². The highest BCUT2D eigenvalue weighted by Crippen LogP contribution is 2.48. The molecule has 0 spiro atoms. The van der Waals surface area contributed by atoms with Crippen LogP contribution in [0.15, 0.2) is 42.5 Å². The van der Waals surface area contributed by atoms with Crippen molar-refractivity contribution in [1.82, 2.24) is 15.5 Å². The molecule has 0 radical (unpaired) electrons. The van der Waals surface area contributed by atoms with E-state index in [1.165, 1.54) is 16.7 Å². The fraction of sp³-hybridized carbons (Fsp3) is 0.481. The second kappa shape index (κ2) is 9.57. The number of ether oxygens (including phenoxy) is 1. The fourth-order valence-corrected chi connectivity index (χ4v) is 4.84. The molecule has 3 aliphatic rings. The number of hydrogen-bond acceptors (Lipinski definition) is 4.